The molecular weight excluding hydrogens is 350 g/mol. The molecule has 5 aromatic rings. The molecule has 0 amide bonds. The minimum absolute atomic E-state index is 1.05. The molecular formula is C28H19N. The highest BCUT2D eigenvalue weighted by Gasteiger charge is 2.12. The Bertz CT molecular complexity index is 1450. The van der Waals surface area contributed by atoms with Gasteiger partial charge in [0.05, 0.1) is 6.07 Å². The Labute approximate surface area is 170 Å². The van der Waals surface area contributed by atoms with Crippen molar-refractivity contribution in [1.82, 2.24) is 0 Å². The summed E-state index contributed by atoms with van der Waals surface area (Å²) in [7, 11) is 0. The van der Waals surface area contributed by atoms with E-state index >= 15 is 0 Å². The number of nitriles is 1. The molecule has 0 aliphatic carbocycles. The van der Waals surface area contributed by atoms with E-state index in [1.165, 1.54) is 49.5 Å². The molecule has 0 unspecified atom stereocenters. The maximum absolute atomic E-state index is 8.88. The molecule has 1 heteroatoms. The topological polar surface area (TPSA) is 23.8 Å². The van der Waals surface area contributed by atoms with Crippen LogP contribution >= 0.6 is 0 Å². The molecule has 0 N–H and O–H groups in total. The zero-order chi connectivity index (χ0) is 19.8. The van der Waals surface area contributed by atoms with Gasteiger partial charge in [-0.25, -0.2) is 0 Å². The molecule has 0 bridgehead atoms. The Kier molecular flexibility index (Phi) is 4.12. The fraction of sp³-hybridized carbons (Fsp3) is 0.0357. The fourth-order valence-corrected chi connectivity index (χ4v) is 4.34. The Morgan fingerprint density at radius 3 is 2.24 bits per heavy atom. The summed E-state index contributed by atoms with van der Waals surface area (Å²) >= 11 is 0. The molecule has 0 fully saturated rings. The first-order valence-electron chi connectivity index (χ1n) is 9.80. The van der Waals surface area contributed by atoms with Gasteiger partial charge in [0.25, 0.3) is 0 Å². The van der Waals surface area contributed by atoms with Crippen LogP contribution in [0.5, 0.6) is 0 Å². The van der Waals surface area contributed by atoms with Crippen molar-refractivity contribution in [2.75, 3.05) is 0 Å². The van der Waals surface area contributed by atoms with Gasteiger partial charge in [0.1, 0.15) is 0 Å². The highest BCUT2D eigenvalue weighted by atomic mass is 14.2. The molecule has 0 aromatic heterocycles. The first-order valence-corrected chi connectivity index (χ1v) is 9.80. The SMILES string of the molecule is C/C=C(\C=C/C#N)c1cccc(-c2ccc3ccc4cccc5ccc2c3c45)c1. The predicted octanol–water partition coefficient (Wildman–Crippen LogP) is 7.73. The summed E-state index contributed by atoms with van der Waals surface area (Å²) in [6.45, 7) is 2.00. The molecule has 0 radical (unpaired) electrons. The van der Waals surface area contributed by atoms with Crippen LogP contribution in [0.3, 0.4) is 0 Å². The lowest BCUT2D eigenvalue weighted by molar-refractivity contribution is 1.53. The maximum atomic E-state index is 8.88. The van der Waals surface area contributed by atoms with Crippen molar-refractivity contribution < 1.29 is 0 Å². The van der Waals surface area contributed by atoms with Gasteiger partial charge in [0.15, 0.2) is 0 Å². The minimum atomic E-state index is 1.05. The summed E-state index contributed by atoms with van der Waals surface area (Å²) in [5, 5.41) is 16.7. The summed E-state index contributed by atoms with van der Waals surface area (Å²) in [6.07, 6.45) is 5.43. The normalized spacial score (nSPS) is 12.3. The molecule has 0 heterocycles. The van der Waals surface area contributed by atoms with Gasteiger partial charge in [0.2, 0.25) is 0 Å². The molecule has 0 spiro atoms. The predicted molar refractivity (Wildman–Crippen MR) is 124 cm³/mol. The van der Waals surface area contributed by atoms with E-state index in [4.69, 9.17) is 5.26 Å². The first-order chi connectivity index (χ1) is 14.3. The monoisotopic (exact) mass is 369 g/mol. The van der Waals surface area contributed by atoms with Gasteiger partial charge in [0, 0.05) is 6.08 Å². The minimum Gasteiger partial charge on any atom is -0.193 e. The van der Waals surface area contributed by atoms with Crippen molar-refractivity contribution in [3.63, 3.8) is 0 Å². The lowest BCUT2D eigenvalue weighted by atomic mass is 9.89. The van der Waals surface area contributed by atoms with E-state index in [1.54, 1.807) is 0 Å². The molecule has 1 nitrogen and oxygen atoms in total. The molecule has 0 aliphatic heterocycles. The van der Waals surface area contributed by atoms with Crippen LogP contribution < -0.4 is 0 Å². The molecule has 0 atom stereocenters. The third kappa shape index (κ3) is 2.78. The fourth-order valence-electron chi connectivity index (χ4n) is 4.34. The average molecular weight is 369 g/mol. The molecule has 0 saturated carbocycles. The van der Waals surface area contributed by atoms with Crippen molar-refractivity contribution >= 4 is 37.9 Å². The number of rotatable bonds is 3. The second-order valence-electron chi connectivity index (χ2n) is 7.26. The molecule has 136 valence electrons. The smallest absolute Gasteiger partial charge is 0.0912 e. The van der Waals surface area contributed by atoms with Crippen molar-refractivity contribution in [3.8, 4) is 17.2 Å². The summed E-state index contributed by atoms with van der Waals surface area (Å²) in [5.74, 6) is 0. The van der Waals surface area contributed by atoms with Crippen LogP contribution in [0.1, 0.15) is 12.5 Å². The van der Waals surface area contributed by atoms with Crippen molar-refractivity contribution in [2.24, 2.45) is 0 Å². The van der Waals surface area contributed by atoms with Gasteiger partial charge >= 0.3 is 0 Å². The Morgan fingerprint density at radius 1 is 0.793 bits per heavy atom. The number of allylic oxidation sites excluding steroid dienone is 4. The van der Waals surface area contributed by atoms with Gasteiger partial charge in [-0.3, -0.25) is 0 Å². The molecule has 5 rings (SSSR count). The van der Waals surface area contributed by atoms with Crippen LogP contribution in [-0.2, 0) is 0 Å². The van der Waals surface area contributed by atoms with E-state index in [2.05, 4.69) is 84.9 Å². The van der Waals surface area contributed by atoms with E-state index in [1.807, 2.05) is 19.1 Å². The quantitative estimate of drug-likeness (QED) is 0.181. The maximum Gasteiger partial charge on any atom is 0.0912 e. The lowest BCUT2D eigenvalue weighted by Crippen LogP contribution is -1.88. The third-order valence-electron chi connectivity index (χ3n) is 5.68. The summed E-state index contributed by atoms with van der Waals surface area (Å²) < 4.78 is 0. The van der Waals surface area contributed by atoms with Crippen molar-refractivity contribution in [3.05, 3.63) is 103 Å². The number of benzene rings is 5. The van der Waals surface area contributed by atoms with Crippen LogP contribution in [0.2, 0.25) is 0 Å². The van der Waals surface area contributed by atoms with Gasteiger partial charge in [-0.2, -0.15) is 5.26 Å². The van der Waals surface area contributed by atoms with Crippen molar-refractivity contribution in [1.29, 1.82) is 5.26 Å². The molecule has 5 aromatic carbocycles. The standard InChI is InChI=1S/C28H19N/c1-2-19(10-5-17-29)23-8-4-9-24(18-23)25-15-13-22-12-11-20-6-3-7-21-14-16-26(25)28(22)27(20)21/h2-16,18H,1H3/b10-5-,19-2+. The Balaban J connectivity index is 1.77. The number of hydrogen-bond acceptors (Lipinski definition) is 1. The van der Waals surface area contributed by atoms with E-state index in [9.17, 15) is 0 Å². The Hall–Kier alpha value is -3.89. The molecule has 29 heavy (non-hydrogen) atoms. The highest BCUT2D eigenvalue weighted by Crippen LogP contribution is 2.39. The van der Waals surface area contributed by atoms with Crippen LogP contribution in [-0.4, -0.2) is 0 Å². The van der Waals surface area contributed by atoms with E-state index in [0.717, 1.165) is 11.1 Å². The third-order valence-corrected chi connectivity index (χ3v) is 5.68. The zero-order valence-electron chi connectivity index (χ0n) is 16.2. The van der Waals surface area contributed by atoms with Gasteiger partial charge in [-0.05, 0) is 73.6 Å². The van der Waals surface area contributed by atoms with Crippen LogP contribution in [0, 0.1) is 11.3 Å². The first kappa shape index (κ1) is 17.2. The van der Waals surface area contributed by atoms with E-state index < -0.39 is 0 Å². The van der Waals surface area contributed by atoms with Crippen LogP contribution in [0.15, 0.2) is 97.1 Å². The van der Waals surface area contributed by atoms with Crippen LogP contribution in [0.4, 0.5) is 0 Å². The Morgan fingerprint density at radius 2 is 1.48 bits per heavy atom. The average Bonchev–Trinajstić information content (AvgIpc) is 2.78. The highest BCUT2D eigenvalue weighted by molar-refractivity contribution is 6.25. The second-order valence-corrected chi connectivity index (χ2v) is 7.26. The van der Waals surface area contributed by atoms with Gasteiger partial charge in [-0.1, -0.05) is 78.9 Å². The summed E-state index contributed by atoms with van der Waals surface area (Å²) in [5.41, 5.74) is 4.58. The van der Waals surface area contributed by atoms with E-state index in [-0.39, 0.29) is 0 Å². The number of nitrogens with zero attached hydrogens (tertiary/aromatic N) is 1. The largest absolute Gasteiger partial charge is 0.193 e. The molecule has 0 aliphatic rings. The number of hydrogen-bond donors (Lipinski definition) is 0. The zero-order valence-corrected chi connectivity index (χ0v) is 16.2. The van der Waals surface area contributed by atoms with Crippen LogP contribution in [0.25, 0.3) is 49.0 Å². The summed E-state index contributed by atoms with van der Waals surface area (Å²) in [4.78, 5) is 0. The van der Waals surface area contributed by atoms with Gasteiger partial charge < -0.3 is 0 Å². The molecule has 0 saturated heterocycles. The second kappa shape index (κ2) is 6.93. The summed E-state index contributed by atoms with van der Waals surface area (Å²) in [6, 6.07) is 30.5. The lowest BCUT2D eigenvalue weighted by Gasteiger charge is -2.14. The van der Waals surface area contributed by atoms with Gasteiger partial charge in [-0.15, -0.1) is 0 Å². The van der Waals surface area contributed by atoms with Crippen molar-refractivity contribution in [2.45, 2.75) is 6.92 Å². The van der Waals surface area contributed by atoms with E-state index in [0.29, 0.717) is 0 Å².